The van der Waals surface area contributed by atoms with Gasteiger partial charge < -0.3 is 86.4 Å². The molecule has 0 saturated carbocycles. The van der Waals surface area contributed by atoms with Crippen molar-refractivity contribution in [2.24, 2.45) is 23.7 Å². The Labute approximate surface area is 461 Å². The van der Waals surface area contributed by atoms with E-state index in [2.05, 4.69) is 40.9 Å². The van der Waals surface area contributed by atoms with E-state index in [1.807, 2.05) is 0 Å². The number of fused-ring (bicyclic) bond motifs is 10. The van der Waals surface area contributed by atoms with Crippen molar-refractivity contribution >= 4 is 11.9 Å². The Balaban J connectivity index is 0.663. The van der Waals surface area contributed by atoms with E-state index in [0.717, 1.165) is 36.8 Å². The third-order valence-corrected chi connectivity index (χ3v) is 21.7. The number of carboxylic acid groups (broad SMARTS) is 1. The van der Waals surface area contributed by atoms with Crippen molar-refractivity contribution in [2.45, 2.75) is 307 Å². The average molecular weight is 1110 g/mol. The van der Waals surface area contributed by atoms with E-state index in [0.29, 0.717) is 64.2 Å². The molecule has 31 atom stereocenters. The number of rotatable bonds is 2. The highest BCUT2D eigenvalue weighted by Crippen LogP contribution is 2.59. The number of aliphatic hydroxyl groups is 2. The molecule has 16 fully saturated rings. The molecule has 79 heavy (non-hydrogen) atoms. The molecule has 16 heterocycles. The number of hydrogen-bond acceptors (Lipinski definition) is 19. The highest BCUT2D eigenvalue weighted by molar-refractivity contribution is 5.70. The topological polar surface area (TPSA) is 233 Å². The Bertz CT molecular complexity index is 2430. The Morgan fingerprint density at radius 3 is 2.09 bits per heavy atom. The van der Waals surface area contributed by atoms with Crippen molar-refractivity contribution in [3.8, 4) is 0 Å². The van der Waals surface area contributed by atoms with Crippen LogP contribution in [0, 0.1) is 23.7 Å². The first kappa shape index (κ1) is 53.5. The molecule has 3 spiro atoms. The first-order valence-corrected chi connectivity index (χ1v) is 30.3. The van der Waals surface area contributed by atoms with Crippen molar-refractivity contribution in [3.63, 3.8) is 0 Å². The molecule has 438 valence electrons. The summed E-state index contributed by atoms with van der Waals surface area (Å²) in [5.41, 5.74) is 2.07. The fourth-order valence-corrected chi connectivity index (χ4v) is 18.0. The third-order valence-electron chi connectivity index (χ3n) is 21.7. The van der Waals surface area contributed by atoms with E-state index >= 15 is 0 Å². The predicted octanol–water partition coefficient (Wildman–Crippen LogP) is 4.98. The largest absolute Gasteiger partial charge is 0.481 e. The molecule has 20 nitrogen and oxygen atoms in total. The molecule has 16 aliphatic heterocycles. The summed E-state index contributed by atoms with van der Waals surface area (Å²) < 4.78 is 102. The molecule has 0 radical (unpaired) electrons. The standard InChI is InChI=1S/C59H82O20/c1-25-13-31-7-9-35-26(2)14-33(65-35)11-12-56-24-59(64)55(79-56)54-53(78-59)52(77-56)51-36(69-54)10-8-32(67-51)15-46(63)72-50-30(6)49-41(68-40(50)17-37(66-31)29(25)5)18-39-43(71-49)22-58(73-39)23-44-48(76-58)28(4)21-57(75-44)20-27(3)47-42(74-57)16-34(60)38(70-47)19-45(61)62/h25,27-28,30-44,47-55,60,64H,2,5,7-24H2,1,3-4,6H3,(H,61,62). The maximum absolute atomic E-state index is 14.6. The van der Waals surface area contributed by atoms with E-state index in [4.69, 9.17) is 71.1 Å². The van der Waals surface area contributed by atoms with Crippen molar-refractivity contribution in [1.29, 1.82) is 0 Å². The van der Waals surface area contributed by atoms with Gasteiger partial charge in [-0.05, 0) is 73.8 Å². The first-order chi connectivity index (χ1) is 37.8. The Hall–Kier alpha value is -2.22. The average Bonchev–Trinajstić information content (AvgIpc) is 4.29. The number of hydrogen-bond donors (Lipinski definition) is 3. The van der Waals surface area contributed by atoms with Crippen LogP contribution in [0.25, 0.3) is 0 Å². The normalized spacial score (nSPS) is 58.4. The molecule has 0 aliphatic carbocycles. The number of carbonyl (C=O) groups is 2. The van der Waals surface area contributed by atoms with E-state index in [1.54, 1.807) is 0 Å². The lowest BCUT2D eigenvalue weighted by Gasteiger charge is -2.54. The van der Waals surface area contributed by atoms with Gasteiger partial charge >= 0.3 is 11.9 Å². The van der Waals surface area contributed by atoms with Gasteiger partial charge in [-0.25, -0.2) is 0 Å². The number of aliphatic hydroxyl groups excluding tert-OH is 1. The predicted molar refractivity (Wildman–Crippen MR) is 269 cm³/mol. The lowest BCUT2D eigenvalue weighted by atomic mass is 9.78. The fraction of sp³-hybridized carbons (Fsp3) is 0.898. The Kier molecular flexibility index (Phi) is 13.1. The minimum absolute atomic E-state index is 0.00147. The summed E-state index contributed by atoms with van der Waals surface area (Å²) in [5, 5.41) is 32.3. The highest BCUT2D eigenvalue weighted by atomic mass is 16.8. The van der Waals surface area contributed by atoms with Gasteiger partial charge in [-0.3, -0.25) is 9.59 Å². The molecule has 0 amide bonds. The van der Waals surface area contributed by atoms with Crippen LogP contribution in [0.5, 0.6) is 0 Å². The van der Waals surface area contributed by atoms with Crippen LogP contribution in [0.1, 0.15) is 143 Å². The van der Waals surface area contributed by atoms with Crippen LogP contribution >= 0.6 is 0 Å². The molecule has 31 unspecified atom stereocenters. The molecule has 16 rings (SSSR count). The first-order valence-electron chi connectivity index (χ1n) is 30.3. The van der Waals surface area contributed by atoms with Gasteiger partial charge in [-0.2, -0.15) is 0 Å². The minimum atomic E-state index is -1.55. The Morgan fingerprint density at radius 2 is 1.25 bits per heavy atom. The Morgan fingerprint density at radius 1 is 0.557 bits per heavy atom. The number of carbonyl (C=O) groups excluding carboxylic acids is 1. The van der Waals surface area contributed by atoms with Crippen LogP contribution in [0.15, 0.2) is 24.3 Å². The smallest absolute Gasteiger partial charge is 0.308 e. The summed E-state index contributed by atoms with van der Waals surface area (Å²) in [5.74, 6) is -5.97. The van der Waals surface area contributed by atoms with Gasteiger partial charge in [0.2, 0.25) is 5.79 Å². The second-order valence-electron chi connectivity index (χ2n) is 27.3. The molecule has 20 heteroatoms. The highest BCUT2D eigenvalue weighted by Gasteiger charge is 2.75. The van der Waals surface area contributed by atoms with Gasteiger partial charge in [0.25, 0.3) is 0 Å². The van der Waals surface area contributed by atoms with Gasteiger partial charge in [0.15, 0.2) is 17.4 Å². The van der Waals surface area contributed by atoms with Crippen LogP contribution in [0.4, 0.5) is 0 Å². The van der Waals surface area contributed by atoms with Crippen molar-refractivity contribution < 1.29 is 96.0 Å². The monoisotopic (exact) mass is 1110 g/mol. The summed E-state index contributed by atoms with van der Waals surface area (Å²) >= 11 is 0. The van der Waals surface area contributed by atoms with Crippen molar-refractivity contribution in [3.05, 3.63) is 24.3 Å². The van der Waals surface area contributed by atoms with Gasteiger partial charge in [-0.1, -0.05) is 40.9 Å². The van der Waals surface area contributed by atoms with Gasteiger partial charge in [0.05, 0.1) is 123 Å². The van der Waals surface area contributed by atoms with E-state index in [1.165, 1.54) is 0 Å². The van der Waals surface area contributed by atoms with E-state index in [-0.39, 0.29) is 116 Å². The maximum atomic E-state index is 14.6. The molecular formula is C59H82O20. The number of aliphatic carboxylic acids is 1. The van der Waals surface area contributed by atoms with E-state index in [9.17, 15) is 24.9 Å². The molecule has 0 aromatic carbocycles. The summed E-state index contributed by atoms with van der Waals surface area (Å²) in [7, 11) is 0. The summed E-state index contributed by atoms with van der Waals surface area (Å²) in [6.07, 6.45) is -1.35. The molecular weight excluding hydrogens is 1030 g/mol. The number of carboxylic acids is 1. The van der Waals surface area contributed by atoms with Gasteiger partial charge in [-0.15, -0.1) is 0 Å². The summed E-state index contributed by atoms with van der Waals surface area (Å²) in [6, 6.07) is 0. The zero-order chi connectivity index (χ0) is 54.2. The zero-order valence-corrected chi connectivity index (χ0v) is 46.0. The van der Waals surface area contributed by atoms with Crippen LogP contribution in [-0.4, -0.2) is 191 Å². The van der Waals surface area contributed by atoms with Crippen LogP contribution < -0.4 is 0 Å². The quantitative estimate of drug-likeness (QED) is 0.245. The molecule has 16 aliphatic rings. The fourth-order valence-electron chi connectivity index (χ4n) is 18.0. The maximum Gasteiger partial charge on any atom is 0.308 e. The lowest BCUT2D eigenvalue weighted by molar-refractivity contribution is -0.371. The molecule has 16 saturated heterocycles. The second-order valence-corrected chi connectivity index (χ2v) is 27.3. The van der Waals surface area contributed by atoms with Crippen LogP contribution in [0.2, 0.25) is 0 Å². The summed E-state index contributed by atoms with van der Waals surface area (Å²) in [6.45, 7) is 17.6. The van der Waals surface area contributed by atoms with Crippen molar-refractivity contribution in [2.75, 3.05) is 0 Å². The van der Waals surface area contributed by atoms with Gasteiger partial charge in [0, 0.05) is 57.3 Å². The number of ether oxygens (including phenoxy) is 15. The molecule has 3 N–H and O–H groups in total. The number of esters is 1. The van der Waals surface area contributed by atoms with Gasteiger partial charge in [0.1, 0.15) is 36.6 Å². The molecule has 12 bridgehead atoms. The van der Waals surface area contributed by atoms with Crippen LogP contribution in [-0.2, 0) is 80.6 Å². The van der Waals surface area contributed by atoms with E-state index < -0.39 is 108 Å². The zero-order valence-electron chi connectivity index (χ0n) is 46.0. The minimum Gasteiger partial charge on any atom is -0.481 e. The van der Waals surface area contributed by atoms with Crippen molar-refractivity contribution in [1.82, 2.24) is 0 Å². The molecule has 0 aromatic heterocycles. The molecule has 0 aromatic rings. The summed E-state index contributed by atoms with van der Waals surface area (Å²) in [4.78, 5) is 26.1. The second kappa shape index (κ2) is 19.4. The lowest BCUT2D eigenvalue weighted by Crippen LogP contribution is -2.62. The third kappa shape index (κ3) is 9.11. The van der Waals surface area contributed by atoms with Crippen LogP contribution in [0.3, 0.4) is 0 Å². The SMILES string of the molecule is C=C1CC2CCC34CC5(O)OC6C(O3)C3OC(CCC3OC6C5O4)CC(=O)OC3C(CC4OC(CCC1O2)CC(C)C4=C)OC1CC2OC4(CC2OC1C3C)CC1OC2(CC(C)C3OC(CC(=O)O)C(O)CC3O2)CC(C)C1O4.